The van der Waals surface area contributed by atoms with E-state index in [1.165, 1.54) is 0 Å². The molecule has 0 bridgehead atoms. The Labute approximate surface area is 82.8 Å². The molecule has 5 nitrogen and oxygen atoms in total. The fourth-order valence-corrected chi connectivity index (χ4v) is 2.65. The molecule has 2 N–H and O–H groups in total. The molecule has 1 saturated heterocycles. The topological polar surface area (TPSA) is 83.5 Å². The van der Waals surface area contributed by atoms with Gasteiger partial charge in [0.1, 0.15) is 0 Å². The van der Waals surface area contributed by atoms with E-state index in [9.17, 15) is 13.2 Å². The molecule has 0 amide bonds. The third-order valence-corrected chi connectivity index (χ3v) is 3.46. The molecule has 0 radical (unpaired) electrons. The molecule has 0 aliphatic carbocycles. The molecule has 0 aromatic rings. The third-order valence-electron chi connectivity index (χ3n) is 1.72. The van der Waals surface area contributed by atoms with Gasteiger partial charge >= 0.3 is 5.97 Å². The zero-order chi connectivity index (χ0) is 9.19. The zero-order valence-corrected chi connectivity index (χ0v) is 8.53. The van der Waals surface area contributed by atoms with Gasteiger partial charge in [-0.25, -0.2) is 8.42 Å². The van der Waals surface area contributed by atoms with Crippen molar-refractivity contribution in [2.45, 2.75) is 12.5 Å². The zero-order valence-electron chi connectivity index (χ0n) is 6.89. The lowest BCUT2D eigenvalue weighted by atomic mass is 10.2. The summed E-state index contributed by atoms with van der Waals surface area (Å²) >= 11 is 0. The molecule has 13 heavy (non-hydrogen) atoms. The van der Waals surface area contributed by atoms with Crippen LogP contribution in [-0.4, -0.2) is 43.6 Å². The van der Waals surface area contributed by atoms with E-state index in [2.05, 4.69) is 5.32 Å². The number of aliphatic carboxylic acids is 1. The predicted molar refractivity (Wildman–Crippen MR) is 49.9 cm³/mol. The van der Waals surface area contributed by atoms with Crippen molar-refractivity contribution >= 4 is 28.2 Å². The van der Waals surface area contributed by atoms with Crippen LogP contribution < -0.4 is 5.32 Å². The number of carboxylic acid groups (broad SMARTS) is 1. The van der Waals surface area contributed by atoms with Crippen molar-refractivity contribution in [2.75, 3.05) is 18.1 Å². The number of hydrogen-bond acceptors (Lipinski definition) is 4. The molecule has 1 atom stereocenters. The maximum atomic E-state index is 11.0. The number of halogens is 1. The van der Waals surface area contributed by atoms with Crippen molar-refractivity contribution in [1.29, 1.82) is 0 Å². The average molecular weight is 230 g/mol. The lowest BCUT2D eigenvalue weighted by molar-refractivity contribution is -0.137. The summed E-state index contributed by atoms with van der Waals surface area (Å²) in [6, 6.07) is -0.416. The maximum absolute atomic E-state index is 11.0. The molecule has 1 aliphatic heterocycles. The molecule has 0 aromatic heterocycles. The number of rotatable bonds is 2. The second-order valence-corrected chi connectivity index (χ2v) is 5.09. The van der Waals surface area contributed by atoms with Gasteiger partial charge in [0.25, 0.3) is 0 Å². The summed E-state index contributed by atoms with van der Waals surface area (Å²) in [5.41, 5.74) is 0. The summed E-state index contributed by atoms with van der Waals surface area (Å²) in [6.07, 6.45) is -0.126. The molecule has 1 rings (SSSR count). The first-order valence-electron chi connectivity index (χ1n) is 3.65. The molecule has 1 unspecified atom stereocenters. The first kappa shape index (κ1) is 12.7. The summed E-state index contributed by atoms with van der Waals surface area (Å²) in [5.74, 6) is -0.910. The Bertz CT molecular complexity index is 276. The Hall–Kier alpha value is -0.330. The van der Waals surface area contributed by atoms with Gasteiger partial charge in [0.2, 0.25) is 0 Å². The second kappa shape index (κ2) is 4.78. The largest absolute Gasteiger partial charge is 0.481 e. The Balaban J connectivity index is 0.00000144. The van der Waals surface area contributed by atoms with E-state index in [1.54, 1.807) is 0 Å². The van der Waals surface area contributed by atoms with Crippen LogP contribution in [0, 0.1) is 0 Å². The summed E-state index contributed by atoms with van der Waals surface area (Å²) < 4.78 is 22.0. The highest BCUT2D eigenvalue weighted by Crippen LogP contribution is 2.04. The minimum atomic E-state index is -3.00. The van der Waals surface area contributed by atoms with Crippen molar-refractivity contribution in [3.8, 4) is 0 Å². The molecule has 7 heteroatoms. The lowest BCUT2D eigenvalue weighted by Crippen LogP contribution is -2.45. The van der Waals surface area contributed by atoms with E-state index in [-0.39, 0.29) is 30.3 Å². The average Bonchev–Trinajstić information content (AvgIpc) is 1.82. The first-order chi connectivity index (χ1) is 5.49. The van der Waals surface area contributed by atoms with E-state index in [0.717, 1.165) is 0 Å². The van der Waals surface area contributed by atoms with Gasteiger partial charge in [-0.2, -0.15) is 0 Å². The number of hydrogen-bond donors (Lipinski definition) is 2. The summed E-state index contributed by atoms with van der Waals surface area (Å²) in [5, 5.41) is 11.2. The monoisotopic (exact) mass is 229 g/mol. The van der Waals surface area contributed by atoms with E-state index < -0.39 is 21.8 Å². The smallest absolute Gasteiger partial charge is 0.304 e. The standard InChI is InChI=1S/C6H11NO4S.ClH/c8-6(9)3-5-4-12(10,11)2-1-7-5;/h5,7H,1-4H2,(H,8,9);1H. The summed E-state index contributed by atoms with van der Waals surface area (Å²) in [7, 11) is -3.00. The SMILES string of the molecule is Cl.O=C(O)CC1CS(=O)(=O)CCN1. The second-order valence-electron chi connectivity index (χ2n) is 2.86. The number of nitrogens with one attached hydrogen (secondary N) is 1. The van der Waals surface area contributed by atoms with E-state index in [0.29, 0.717) is 6.54 Å². The molecule has 0 saturated carbocycles. The fraction of sp³-hybridized carbons (Fsp3) is 0.833. The van der Waals surface area contributed by atoms with Gasteiger partial charge in [0.15, 0.2) is 9.84 Å². The van der Waals surface area contributed by atoms with E-state index in [1.807, 2.05) is 0 Å². The predicted octanol–water partition coefficient (Wildman–Crippen LogP) is -0.730. The van der Waals surface area contributed by atoms with E-state index in [4.69, 9.17) is 5.11 Å². The molecule has 1 fully saturated rings. The van der Waals surface area contributed by atoms with Crippen molar-refractivity contribution in [3.63, 3.8) is 0 Å². The first-order valence-corrected chi connectivity index (χ1v) is 5.47. The van der Waals surface area contributed by atoms with Crippen LogP contribution in [0.25, 0.3) is 0 Å². The van der Waals surface area contributed by atoms with Crippen LogP contribution in [0.4, 0.5) is 0 Å². The molecular weight excluding hydrogens is 218 g/mol. The van der Waals surface area contributed by atoms with Crippen molar-refractivity contribution in [2.24, 2.45) is 0 Å². The van der Waals surface area contributed by atoms with Crippen LogP contribution >= 0.6 is 12.4 Å². The van der Waals surface area contributed by atoms with Crippen LogP contribution in [0.2, 0.25) is 0 Å². The number of carboxylic acids is 1. The summed E-state index contributed by atoms with van der Waals surface area (Å²) in [6.45, 7) is 0.361. The fourth-order valence-electron chi connectivity index (χ4n) is 1.21. The normalized spacial score (nSPS) is 26.0. The molecule has 78 valence electrons. The van der Waals surface area contributed by atoms with Crippen molar-refractivity contribution in [1.82, 2.24) is 5.32 Å². The molecule has 1 heterocycles. The molecule has 0 spiro atoms. The highest BCUT2D eigenvalue weighted by Gasteiger charge is 2.25. The van der Waals surface area contributed by atoms with Crippen molar-refractivity contribution < 1.29 is 18.3 Å². The van der Waals surface area contributed by atoms with Crippen LogP contribution in [0.3, 0.4) is 0 Å². The van der Waals surface area contributed by atoms with Gasteiger partial charge < -0.3 is 10.4 Å². The van der Waals surface area contributed by atoms with Gasteiger partial charge in [0, 0.05) is 12.6 Å². The quantitative estimate of drug-likeness (QED) is 0.652. The highest BCUT2D eigenvalue weighted by molar-refractivity contribution is 7.91. The molecule has 1 aliphatic rings. The Morgan fingerprint density at radius 1 is 1.54 bits per heavy atom. The van der Waals surface area contributed by atoms with Gasteiger partial charge in [-0.15, -0.1) is 12.4 Å². The Morgan fingerprint density at radius 3 is 2.62 bits per heavy atom. The minimum Gasteiger partial charge on any atom is -0.481 e. The number of sulfone groups is 1. The summed E-state index contributed by atoms with van der Waals surface area (Å²) in [4.78, 5) is 10.2. The minimum absolute atomic E-state index is 0. The van der Waals surface area contributed by atoms with Gasteiger partial charge in [-0.05, 0) is 0 Å². The van der Waals surface area contributed by atoms with Crippen LogP contribution in [-0.2, 0) is 14.6 Å². The maximum Gasteiger partial charge on any atom is 0.304 e. The van der Waals surface area contributed by atoms with Gasteiger partial charge in [-0.1, -0.05) is 0 Å². The molecule has 0 aromatic carbocycles. The van der Waals surface area contributed by atoms with E-state index >= 15 is 0 Å². The van der Waals surface area contributed by atoms with Crippen molar-refractivity contribution in [3.05, 3.63) is 0 Å². The van der Waals surface area contributed by atoms with Crippen LogP contribution in [0.5, 0.6) is 0 Å². The van der Waals surface area contributed by atoms with Gasteiger partial charge in [0.05, 0.1) is 17.9 Å². The van der Waals surface area contributed by atoms with Crippen LogP contribution in [0.1, 0.15) is 6.42 Å². The highest BCUT2D eigenvalue weighted by atomic mass is 35.5. The Morgan fingerprint density at radius 2 is 2.15 bits per heavy atom. The Kier molecular flexibility index (Phi) is 4.66. The van der Waals surface area contributed by atoms with Crippen LogP contribution in [0.15, 0.2) is 0 Å². The number of carbonyl (C=O) groups is 1. The molecular formula is C6H12ClNO4S. The third kappa shape index (κ3) is 4.44. The lowest BCUT2D eigenvalue weighted by Gasteiger charge is -2.21. The van der Waals surface area contributed by atoms with Gasteiger partial charge in [-0.3, -0.25) is 4.79 Å².